The molecule has 6 unspecified atom stereocenters. The molecule has 3 rings (SSSR count). The minimum absolute atomic E-state index is 0.130. The Hall–Kier alpha value is -3.82. The van der Waals surface area contributed by atoms with Gasteiger partial charge in [-0.2, -0.15) is 0 Å². The number of alkyl carbamates (subject to hydrolysis) is 1. The molecule has 0 bridgehead atoms. The fourth-order valence-electron chi connectivity index (χ4n) is 8.74. The summed E-state index contributed by atoms with van der Waals surface area (Å²) in [7, 11) is 1.64. The summed E-state index contributed by atoms with van der Waals surface area (Å²) in [5, 5.41) is 2.81. The summed E-state index contributed by atoms with van der Waals surface area (Å²) in [5.74, 6) is -0.480. The number of carbonyl (C=O) groups is 3. The van der Waals surface area contributed by atoms with Crippen molar-refractivity contribution in [3.8, 4) is 0 Å². The molecule has 470 valence electrons. The quantitative estimate of drug-likeness (QED) is 0.0416. The molecule has 0 spiro atoms. The molecule has 81 heavy (non-hydrogen) atoms. The molecule has 24 heteroatoms. The molecule has 0 radical (unpaired) electrons. The zero-order valence-corrected chi connectivity index (χ0v) is 50.1. The fourth-order valence-corrected chi connectivity index (χ4v) is 8.74. The molecule has 0 aliphatic carbocycles. The Morgan fingerprint density at radius 3 is 1.11 bits per heavy atom. The van der Waals surface area contributed by atoms with E-state index in [9.17, 15) is 28.8 Å². The largest absolute Gasteiger partial charge is 0.463 e. The molecule has 0 saturated carbocycles. The number of aromatic nitrogens is 3. The number of hydrogen-bond acceptors (Lipinski definition) is 20. The molecule has 2 aliphatic heterocycles. The molecule has 1 aromatic rings. The molecule has 3 heterocycles. The third-order valence-electron chi connectivity index (χ3n) is 13.6. The molecule has 1 amide bonds. The van der Waals surface area contributed by atoms with Crippen molar-refractivity contribution in [1.29, 1.82) is 0 Å². The van der Waals surface area contributed by atoms with Gasteiger partial charge in [-0.05, 0) is 66.2 Å². The molecular weight excluding hydrogens is 1060 g/mol. The second-order valence-corrected chi connectivity index (χ2v) is 20.9. The van der Waals surface area contributed by atoms with Gasteiger partial charge in [0.1, 0.15) is 18.8 Å². The Morgan fingerprint density at radius 2 is 0.741 bits per heavy atom. The van der Waals surface area contributed by atoms with Gasteiger partial charge in [0.05, 0.1) is 112 Å². The maximum Gasteiger partial charge on any atom is 0.407 e. The number of rotatable bonds is 56. The van der Waals surface area contributed by atoms with Crippen LogP contribution in [0.15, 0.2) is 14.4 Å². The van der Waals surface area contributed by atoms with Gasteiger partial charge in [0.25, 0.3) is 0 Å². The van der Waals surface area contributed by atoms with Crippen LogP contribution in [0.5, 0.6) is 0 Å². The lowest BCUT2D eigenvalue weighted by Crippen LogP contribution is -2.54. The number of nitrogens with zero attached hydrogens (tertiary/aromatic N) is 5. The van der Waals surface area contributed by atoms with Crippen molar-refractivity contribution >= 4 is 18.0 Å². The van der Waals surface area contributed by atoms with Gasteiger partial charge < -0.3 is 62.2 Å². The molecule has 0 aromatic carbocycles. The van der Waals surface area contributed by atoms with Crippen LogP contribution >= 0.6 is 0 Å². The van der Waals surface area contributed by atoms with Crippen LogP contribution in [0, 0.1) is 0 Å². The monoisotopic (exact) mass is 1160 g/mol. The number of unbranched alkanes of at least 4 members (excludes halogenated alkanes) is 11. The highest BCUT2D eigenvalue weighted by molar-refractivity contribution is 5.69. The van der Waals surface area contributed by atoms with Gasteiger partial charge in [0, 0.05) is 84.4 Å². The van der Waals surface area contributed by atoms with Crippen LogP contribution in [-0.4, -0.2) is 225 Å². The number of hydrogen-bond donors (Lipinski definition) is 1. The second-order valence-electron chi connectivity index (χ2n) is 20.9. The third-order valence-corrected chi connectivity index (χ3v) is 13.6. The minimum Gasteiger partial charge on any atom is -0.463 e. The van der Waals surface area contributed by atoms with Crippen LogP contribution in [0.3, 0.4) is 0 Å². The van der Waals surface area contributed by atoms with E-state index in [1.165, 1.54) is 13.7 Å². The smallest absolute Gasteiger partial charge is 0.407 e. The van der Waals surface area contributed by atoms with Crippen molar-refractivity contribution in [2.45, 2.75) is 174 Å². The highest BCUT2D eigenvalue weighted by atomic mass is 16.6. The average molecular weight is 1160 g/mol. The summed E-state index contributed by atoms with van der Waals surface area (Å²) in [6.07, 6.45) is 9.90. The average Bonchev–Trinajstić information content (AvgIpc) is 4.35. The maximum absolute atomic E-state index is 13.7. The minimum atomic E-state index is -0.600. The fraction of sp³-hybridized carbons (Fsp3) is 0.895. The van der Waals surface area contributed by atoms with Gasteiger partial charge in [0.15, 0.2) is 0 Å². The van der Waals surface area contributed by atoms with Gasteiger partial charge in [-0.15, -0.1) is 0 Å². The first-order chi connectivity index (χ1) is 39.4. The van der Waals surface area contributed by atoms with Crippen LogP contribution < -0.4 is 22.4 Å². The predicted octanol–water partition coefficient (Wildman–Crippen LogP) is 4.19. The van der Waals surface area contributed by atoms with Crippen LogP contribution in [0.25, 0.3) is 0 Å². The number of carbonyl (C=O) groups excluding carboxylic acids is 3. The number of amides is 1. The van der Waals surface area contributed by atoms with Gasteiger partial charge in [-0.1, -0.05) is 51.4 Å². The molecule has 24 nitrogen and oxygen atoms in total. The predicted molar refractivity (Wildman–Crippen MR) is 304 cm³/mol. The first-order valence-electron chi connectivity index (χ1n) is 30.2. The number of esters is 2. The molecule has 2 aliphatic rings. The van der Waals surface area contributed by atoms with E-state index in [1.807, 2.05) is 13.8 Å². The van der Waals surface area contributed by atoms with E-state index in [0.29, 0.717) is 163 Å². The van der Waals surface area contributed by atoms with E-state index < -0.39 is 23.2 Å². The highest BCUT2D eigenvalue weighted by Crippen LogP contribution is 2.18. The van der Waals surface area contributed by atoms with Crippen molar-refractivity contribution < 1.29 is 71.2 Å². The zero-order chi connectivity index (χ0) is 58.6. The molecular formula is C57H104N6O18. The van der Waals surface area contributed by atoms with E-state index in [2.05, 4.69) is 29.0 Å². The summed E-state index contributed by atoms with van der Waals surface area (Å²) in [6.45, 7) is 20.7. The molecule has 1 aromatic heterocycles. The van der Waals surface area contributed by atoms with Crippen molar-refractivity contribution in [2.75, 3.05) is 159 Å². The van der Waals surface area contributed by atoms with Gasteiger partial charge in [0.2, 0.25) is 0 Å². The lowest BCUT2D eigenvalue weighted by molar-refractivity contribution is -0.148. The Labute approximate surface area is 481 Å². The standard InChI is InChI=1S/C57H104N6O18/c1-48-44-59(48)46-50(3)80-53(65)21-15-9-7-12-18-24-62-55(67)61(56(68)63(57(62)69)25-19-13-10-16-22-58-54(66)81-51(4)47-60-45-49(60)2)23-17-11-6-8-14-20-52(64)79-43-42-78-41-40-77-39-38-76-37-36-75-35-34-74-33-32-73-31-30-72-29-28-71-27-26-70-5/h48-51H,6-47H2,1-5H3,(H,58,66). The lowest BCUT2D eigenvalue weighted by atomic mass is 10.1. The summed E-state index contributed by atoms with van der Waals surface area (Å²) >= 11 is 0. The van der Waals surface area contributed by atoms with Crippen molar-refractivity contribution in [3.05, 3.63) is 31.5 Å². The SMILES string of the molecule is COCCOCCOCCOCCOCCOCCOCCOCCOCCOC(=O)CCCCCCCn1c(=O)n(CCCCCCCC(=O)OC(C)CN2CC2C)c(=O)n(CCCCCCNC(=O)OC(C)CN2CC2C)c1=O. The number of methoxy groups -OCH3 is 1. The van der Waals surface area contributed by atoms with Crippen molar-refractivity contribution in [3.63, 3.8) is 0 Å². The summed E-state index contributed by atoms with van der Waals surface area (Å²) in [5.41, 5.74) is -1.79. The van der Waals surface area contributed by atoms with Crippen molar-refractivity contribution in [1.82, 2.24) is 28.8 Å². The number of nitrogens with one attached hydrogen (secondary N) is 1. The Balaban J connectivity index is 1.22. The normalized spacial score (nSPS) is 17.2. The van der Waals surface area contributed by atoms with Gasteiger partial charge in [-0.25, -0.2) is 32.9 Å². The summed E-state index contributed by atoms with van der Waals surface area (Å²) < 4.78 is 68.5. The van der Waals surface area contributed by atoms with Gasteiger partial charge >= 0.3 is 35.1 Å². The summed E-state index contributed by atoms with van der Waals surface area (Å²) in [6, 6.07) is 1.10. The molecule has 1 N–H and O–H groups in total. The highest BCUT2D eigenvalue weighted by Gasteiger charge is 2.31. The van der Waals surface area contributed by atoms with E-state index in [4.69, 9.17) is 56.8 Å². The Morgan fingerprint density at radius 1 is 0.432 bits per heavy atom. The number of ether oxygens (including phenoxy) is 12. The topological polar surface area (TPSA) is 246 Å². The zero-order valence-electron chi connectivity index (χ0n) is 50.1. The van der Waals surface area contributed by atoms with Crippen LogP contribution in [0.2, 0.25) is 0 Å². The van der Waals surface area contributed by atoms with E-state index in [0.717, 1.165) is 84.0 Å². The summed E-state index contributed by atoms with van der Waals surface area (Å²) in [4.78, 5) is 82.4. The van der Waals surface area contributed by atoms with Crippen LogP contribution in [0.1, 0.15) is 130 Å². The second kappa shape index (κ2) is 46.5. The van der Waals surface area contributed by atoms with Crippen LogP contribution in [-0.2, 0) is 86.1 Å². The van der Waals surface area contributed by atoms with Crippen LogP contribution in [0.4, 0.5) is 4.79 Å². The van der Waals surface area contributed by atoms with Crippen molar-refractivity contribution in [2.24, 2.45) is 0 Å². The Kier molecular flexibility index (Phi) is 41.1. The lowest BCUT2D eigenvalue weighted by Gasteiger charge is -2.15. The third kappa shape index (κ3) is 36.5. The van der Waals surface area contributed by atoms with E-state index in [-0.39, 0.29) is 63.4 Å². The van der Waals surface area contributed by atoms with E-state index in [1.54, 1.807) is 7.11 Å². The molecule has 2 saturated heterocycles. The molecule has 2 fully saturated rings. The Bertz CT molecular complexity index is 1880. The maximum atomic E-state index is 13.7. The van der Waals surface area contributed by atoms with E-state index >= 15 is 0 Å². The van der Waals surface area contributed by atoms with Gasteiger partial charge in [-0.3, -0.25) is 19.4 Å². The first kappa shape index (κ1) is 71.4. The first-order valence-corrected chi connectivity index (χ1v) is 30.2. The molecule has 6 atom stereocenters.